The lowest BCUT2D eigenvalue weighted by atomic mass is 9.80. The van der Waals surface area contributed by atoms with Gasteiger partial charge in [-0.1, -0.05) is 214 Å². The minimum atomic E-state index is -2.95. The van der Waals surface area contributed by atoms with E-state index >= 15 is 0 Å². The smallest absolute Gasteiger partial charge is 0.179 e. The molecule has 0 N–H and O–H groups in total. The molecule has 6 heteroatoms. The predicted octanol–water partition coefficient (Wildman–Crippen LogP) is 16.5. The monoisotopic (exact) mass is 1050 g/mol. The summed E-state index contributed by atoms with van der Waals surface area (Å²) >= 11 is 0. The van der Waals surface area contributed by atoms with E-state index in [0.717, 1.165) is 44.4 Å². The van der Waals surface area contributed by atoms with Crippen LogP contribution in [0.1, 0.15) is 88.7 Å². The lowest BCUT2D eigenvalue weighted by Gasteiger charge is -2.34. The first-order chi connectivity index (χ1) is 39.2. The van der Waals surface area contributed by atoms with E-state index in [9.17, 15) is 0 Å². The predicted molar refractivity (Wildman–Crippen MR) is 337 cm³/mol. The lowest BCUT2D eigenvalue weighted by Crippen LogP contribution is -2.74. The second-order valence-corrected chi connectivity index (χ2v) is 28.2. The largest absolute Gasteiger partial charge is 0.457 e. The third-order valence-electron chi connectivity index (χ3n) is 16.0. The Morgan fingerprint density at radius 1 is 0.443 bits per heavy atom. The molecule has 79 heavy (non-hydrogen) atoms. The van der Waals surface area contributed by atoms with Crippen LogP contribution in [-0.4, -0.2) is 24.3 Å². The first-order valence-corrected chi connectivity index (χ1v) is 29.6. The van der Waals surface area contributed by atoms with Gasteiger partial charge in [0.25, 0.3) is 0 Å². The molecule has 0 fully saturated rings. The van der Waals surface area contributed by atoms with E-state index in [1.165, 1.54) is 43.1 Å². The van der Waals surface area contributed by atoms with Crippen molar-refractivity contribution in [2.45, 2.75) is 85.4 Å². The summed E-state index contributed by atoms with van der Waals surface area (Å²) < 4.78 is 36.0. The molecule has 392 valence electrons. The summed E-state index contributed by atoms with van der Waals surface area (Å²) in [7, 11) is -2.95. The summed E-state index contributed by atoms with van der Waals surface area (Å²) in [5, 5.41) is 7.07. The Morgan fingerprint density at radius 3 is 1.57 bits per heavy atom. The number of hydrogen-bond acceptors (Lipinski definition) is 4. The molecule has 0 aliphatic carbocycles. The molecule has 0 atom stereocenters. The highest BCUT2D eigenvalue weighted by atomic mass is 28.3. The summed E-state index contributed by atoms with van der Waals surface area (Å²) in [6.45, 7) is 18.5. The molecule has 1 aliphatic rings. The molecule has 3 heterocycles. The zero-order valence-electron chi connectivity index (χ0n) is 49.8. The molecule has 2 aromatic heterocycles. The minimum Gasteiger partial charge on any atom is -0.457 e. The highest BCUT2D eigenvalue weighted by molar-refractivity contribution is 7.20. The number of ether oxygens (including phenoxy) is 1. The van der Waals surface area contributed by atoms with Gasteiger partial charge in [-0.3, -0.25) is 4.57 Å². The van der Waals surface area contributed by atoms with Crippen molar-refractivity contribution in [1.82, 2.24) is 9.55 Å². The van der Waals surface area contributed by atoms with Gasteiger partial charge in [0, 0.05) is 50.2 Å². The number of rotatable bonds is 10. The van der Waals surface area contributed by atoms with Gasteiger partial charge in [-0.2, -0.15) is 0 Å². The number of hydrogen-bond donors (Lipinski definition) is 0. The van der Waals surface area contributed by atoms with Crippen molar-refractivity contribution in [3.05, 3.63) is 253 Å². The van der Waals surface area contributed by atoms with Crippen molar-refractivity contribution in [3.8, 4) is 28.4 Å². The summed E-state index contributed by atoms with van der Waals surface area (Å²) in [4.78, 5) is 9.97. The molecule has 11 aromatic rings. The van der Waals surface area contributed by atoms with Crippen molar-refractivity contribution < 1.29 is 8.85 Å². The van der Waals surface area contributed by atoms with Gasteiger partial charge in [0.1, 0.15) is 24.0 Å². The molecule has 1 aliphatic heterocycles. The molecule has 0 radical (unpaired) electrons. The number of pyridine rings is 1. The fourth-order valence-corrected chi connectivity index (χ4v) is 16.5. The van der Waals surface area contributed by atoms with Crippen molar-refractivity contribution >= 4 is 73.4 Å². The van der Waals surface area contributed by atoms with Gasteiger partial charge >= 0.3 is 0 Å². The molecule has 0 bridgehead atoms. The second kappa shape index (κ2) is 19.8. The Bertz CT molecular complexity index is 4030. The number of anilines is 4. The van der Waals surface area contributed by atoms with Gasteiger partial charge in [-0.15, -0.1) is 0 Å². The molecule has 0 unspecified atom stereocenters. The zero-order chi connectivity index (χ0) is 57.3. The molecule has 0 saturated carbocycles. The highest BCUT2D eigenvalue weighted by Crippen LogP contribution is 2.47. The quantitative estimate of drug-likeness (QED) is 0.101. The van der Waals surface area contributed by atoms with Gasteiger partial charge in [0.15, 0.2) is 8.07 Å². The second-order valence-electron chi connectivity index (χ2n) is 24.4. The fraction of sp³-hybridized carbons (Fsp3) is 0.192. The Balaban J connectivity index is 1.00. The summed E-state index contributed by atoms with van der Waals surface area (Å²) in [5.41, 5.74) is 11.5. The van der Waals surface area contributed by atoms with Crippen LogP contribution < -0.4 is 35.3 Å². The maximum absolute atomic E-state index is 8.96. The normalized spacial score (nSPS) is 13.8. The SMILES string of the molecule is [2H]C([2H])([2H])c1cc(-n2c3ccc([Si](c4ccccc4)(c4ccccc4)c4ccccc4)cc3c3ccc(Oc4cccc(N5CN(c6cc(C(C)(C)C)cc(C(C)(C)C)c6)c6ccccc65)c4)cc32)ncc1-c1ccc(C(C)(C)C)cc1. The van der Waals surface area contributed by atoms with E-state index in [-0.39, 0.29) is 21.8 Å². The van der Waals surface area contributed by atoms with Crippen LogP contribution in [0.15, 0.2) is 231 Å². The number of nitrogens with zero attached hydrogens (tertiary/aromatic N) is 4. The van der Waals surface area contributed by atoms with Gasteiger partial charge in [-0.25, -0.2) is 4.98 Å². The summed E-state index contributed by atoms with van der Waals surface area (Å²) in [5.74, 6) is 1.83. The minimum absolute atomic E-state index is 0.0251. The number of aryl methyl sites for hydroxylation is 1. The van der Waals surface area contributed by atoms with Crippen molar-refractivity contribution in [2.75, 3.05) is 16.5 Å². The van der Waals surface area contributed by atoms with Gasteiger partial charge < -0.3 is 14.5 Å². The van der Waals surface area contributed by atoms with Crippen LogP contribution in [-0.2, 0) is 16.2 Å². The van der Waals surface area contributed by atoms with Crippen LogP contribution in [0.3, 0.4) is 0 Å². The average Bonchev–Trinajstić information content (AvgIpc) is 2.65. The van der Waals surface area contributed by atoms with E-state index in [1.807, 2.05) is 18.2 Å². The Hall–Kier alpha value is -8.45. The molecular formula is C73H70N4OSi. The first-order valence-electron chi connectivity index (χ1n) is 29.1. The van der Waals surface area contributed by atoms with Gasteiger partial charge in [0.2, 0.25) is 0 Å². The molecule has 0 spiro atoms. The van der Waals surface area contributed by atoms with Crippen molar-refractivity contribution in [1.29, 1.82) is 0 Å². The van der Waals surface area contributed by atoms with Crippen LogP contribution in [0.2, 0.25) is 0 Å². The molecular weight excluding hydrogens is 977 g/mol. The van der Waals surface area contributed by atoms with Crippen LogP contribution in [0.4, 0.5) is 22.7 Å². The summed E-state index contributed by atoms with van der Waals surface area (Å²) in [6, 6.07) is 80.1. The molecule has 9 aromatic carbocycles. The molecule has 12 rings (SSSR count). The van der Waals surface area contributed by atoms with Crippen LogP contribution in [0.5, 0.6) is 11.5 Å². The summed E-state index contributed by atoms with van der Waals surface area (Å²) in [6.07, 6.45) is 1.74. The average molecular weight is 1050 g/mol. The van der Waals surface area contributed by atoms with Crippen molar-refractivity contribution in [3.63, 3.8) is 0 Å². The fourth-order valence-electron chi connectivity index (χ4n) is 11.7. The zero-order valence-corrected chi connectivity index (χ0v) is 47.8. The Morgan fingerprint density at radius 2 is 1.00 bits per heavy atom. The number of fused-ring (bicyclic) bond motifs is 4. The van der Waals surface area contributed by atoms with E-state index < -0.39 is 14.9 Å². The third-order valence-corrected chi connectivity index (χ3v) is 20.8. The van der Waals surface area contributed by atoms with Crippen LogP contribution in [0, 0.1) is 6.85 Å². The van der Waals surface area contributed by atoms with Crippen molar-refractivity contribution in [2.24, 2.45) is 0 Å². The van der Waals surface area contributed by atoms with E-state index in [0.29, 0.717) is 29.5 Å². The first kappa shape index (κ1) is 47.7. The van der Waals surface area contributed by atoms with E-state index in [1.54, 1.807) is 12.3 Å². The maximum atomic E-state index is 8.96. The Labute approximate surface area is 472 Å². The van der Waals surface area contributed by atoms with Gasteiger partial charge in [0.05, 0.1) is 22.4 Å². The number of benzene rings is 9. The van der Waals surface area contributed by atoms with Crippen LogP contribution >= 0.6 is 0 Å². The molecule has 0 amide bonds. The maximum Gasteiger partial charge on any atom is 0.179 e. The lowest BCUT2D eigenvalue weighted by molar-refractivity contribution is 0.483. The standard InChI is InChI=1S/C73H70N4OSi/c1-50-41-70(74-48-65(50)51-33-35-52(36-34-51)71(2,3)4)77-66-40-38-62(79(59-25-14-11-15-26-59,60-27-16-12-17-28-60)61-29-18-13-19-30-61)47-64(66)63-39-37-58(46-69(63)77)78-57-24-22-23-55(45-57)75-49-76(68-32-21-20-31-67(68)75)56-43-53(72(5,6)7)42-54(44-56)73(8,9)10/h11-48H,49H2,1-10H3/i1D3. The Kier molecular flexibility index (Phi) is 11.9. The van der Waals surface area contributed by atoms with Gasteiger partial charge in [-0.05, 0) is 132 Å². The number of para-hydroxylation sites is 2. The van der Waals surface area contributed by atoms with E-state index in [4.69, 9.17) is 13.8 Å². The third kappa shape index (κ3) is 9.42. The van der Waals surface area contributed by atoms with E-state index in [2.05, 4.69) is 277 Å². The number of aromatic nitrogens is 2. The molecule has 5 nitrogen and oxygen atoms in total. The topological polar surface area (TPSA) is 33.5 Å². The highest BCUT2D eigenvalue weighted by Gasteiger charge is 2.42. The van der Waals surface area contributed by atoms with Crippen LogP contribution in [0.25, 0.3) is 38.8 Å². The molecule has 0 saturated heterocycles.